The molecule has 0 radical (unpaired) electrons. The first kappa shape index (κ1) is 42.8. The van der Waals surface area contributed by atoms with Crippen molar-refractivity contribution in [1.29, 1.82) is 0 Å². The molecule has 0 saturated heterocycles. The van der Waals surface area contributed by atoms with Gasteiger partial charge in [0, 0.05) is 63.1 Å². The molecule has 1 aromatic heterocycles. The highest BCUT2D eigenvalue weighted by Crippen LogP contribution is 2.24. The third-order valence-electron chi connectivity index (χ3n) is 9.29. The summed E-state index contributed by atoms with van der Waals surface area (Å²) in [6, 6.07) is 22.9. The van der Waals surface area contributed by atoms with Crippen LogP contribution in [0.15, 0.2) is 165 Å². The minimum atomic E-state index is -4.06. The van der Waals surface area contributed by atoms with Crippen LogP contribution in [0, 0.1) is 11.6 Å². The third kappa shape index (κ3) is 10.5. The average molecular weight is 856 g/mol. The second kappa shape index (κ2) is 18.9. The maximum Gasteiger partial charge on any atom is 0.407 e. The van der Waals surface area contributed by atoms with E-state index in [-0.39, 0.29) is 23.5 Å². The number of nitrogens with two attached hydrogens (primary N) is 1. The van der Waals surface area contributed by atoms with Gasteiger partial charge in [0.15, 0.2) is 0 Å². The predicted molar refractivity (Wildman–Crippen MR) is 216 cm³/mol. The molecule has 0 fully saturated rings. The Morgan fingerprint density at radius 1 is 0.800 bits per heavy atom. The number of amides is 2. The summed E-state index contributed by atoms with van der Waals surface area (Å²) in [6.45, 7) is 1.47. The van der Waals surface area contributed by atoms with E-state index in [1.54, 1.807) is 85.5 Å². The molecule has 60 heavy (non-hydrogen) atoms. The molecule has 18 heteroatoms. The Bertz CT molecular complexity index is 2640. The Morgan fingerprint density at radius 3 is 2.00 bits per heavy atom. The van der Waals surface area contributed by atoms with E-state index in [1.165, 1.54) is 29.2 Å². The normalized spacial score (nSPS) is 15.2. The van der Waals surface area contributed by atoms with Gasteiger partial charge >= 0.3 is 6.09 Å². The van der Waals surface area contributed by atoms with Gasteiger partial charge < -0.3 is 31.3 Å². The summed E-state index contributed by atoms with van der Waals surface area (Å²) in [5.74, 6) is -2.20. The Balaban J connectivity index is 0.000000169. The summed E-state index contributed by atoms with van der Waals surface area (Å²) < 4.78 is 76.3. The molecule has 0 aliphatic carbocycles. The van der Waals surface area contributed by atoms with Crippen LogP contribution in [-0.2, 0) is 50.5 Å². The molecule has 3 aliphatic heterocycles. The topological polar surface area (TPSA) is 205 Å². The van der Waals surface area contributed by atoms with E-state index in [0.717, 1.165) is 29.1 Å². The molecular weight excluding hydrogens is 817 g/mol. The monoisotopic (exact) mass is 855 g/mol. The van der Waals surface area contributed by atoms with Crippen molar-refractivity contribution in [3.63, 3.8) is 0 Å². The van der Waals surface area contributed by atoms with Crippen molar-refractivity contribution >= 4 is 31.7 Å². The highest BCUT2D eigenvalue weighted by molar-refractivity contribution is 7.91. The molecule has 1 unspecified atom stereocenters. The van der Waals surface area contributed by atoms with Gasteiger partial charge in [0.2, 0.25) is 19.7 Å². The smallest absolute Gasteiger partial charge is 0.407 e. The first-order valence-corrected chi connectivity index (χ1v) is 21.3. The van der Waals surface area contributed by atoms with E-state index in [2.05, 4.69) is 20.6 Å². The maximum absolute atomic E-state index is 13.4. The van der Waals surface area contributed by atoms with Gasteiger partial charge in [0.05, 0.1) is 43.1 Å². The number of rotatable bonds is 8. The van der Waals surface area contributed by atoms with E-state index in [0.29, 0.717) is 53.0 Å². The van der Waals surface area contributed by atoms with Gasteiger partial charge in [-0.1, -0.05) is 42.5 Å². The molecule has 1 atom stereocenters. The van der Waals surface area contributed by atoms with Gasteiger partial charge in [-0.3, -0.25) is 14.8 Å². The van der Waals surface area contributed by atoms with Crippen molar-refractivity contribution in [3.8, 4) is 0 Å². The number of sulfone groups is 2. The van der Waals surface area contributed by atoms with Crippen LogP contribution >= 0.6 is 0 Å². The highest BCUT2D eigenvalue weighted by atomic mass is 32.2. The van der Waals surface area contributed by atoms with Gasteiger partial charge in [0.25, 0.3) is 5.91 Å². The van der Waals surface area contributed by atoms with Gasteiger partial charge in [-0.25, -0.2) is 30.4 Å². The number of hydrogen-bond donors (Lipinski definition) is 4. The van der Waals surface area contributed by atoms with Crippen LogP contribution in [0.5, 0.6) is 0 Å². The van der Waals surface area contributed by atoms with E-state index >= 15 is 0 Å². The van der Waals surface area contributed by atoms with Crippen molar-refractivity contribution in [1.82, 2.24) is 30.4 Å². The Hall–Kier alpha value is -6.76. The molecule has 5 aromatic rings. The lowest BCUT2D eigenvalue weighted by atomic mass is 10.1. The van der Waals surface area contributed by atoms with Crippen molar-refractivity contribution in [2.45, 2.75) is 51.8 Å². The number of carbonyl (C=O) groups is 2. The van der Waals surface area contributed by atoms with E-state index in [1.807, 2.05) is 17.2 Å². The molecule has 4 aromatic carbocycles. The molecule has 5 N–H and O–H groups in total. The molecule has 3 aliphatic rings. The average Bonchev–Trinajstić information content (AvgIpc) is 3.74. The lowest BCUT2D eigenvalue weighted by molar-refractivity contribution is -0.117. The van der Waals surface area contributed by atoms with Crippen LogP contribution in [0.4, 0.5) is 13.6 Å². The van der Waals surface area contributed by atoms with E-state index < -0.39 is 42.3 Å². The molecule has 4 heterocycles. The molecule has 8 rings (SSSR count). The number of fused-ring (bicyclic) bond motifs is 2. The summed E-state index contributed by atoms with van der Waals surface area (Å²) in [5, 5.41) is 14.6. The lowest BCUT2D eigenvalue weighted by Crippen LogP contribution is -2.35. The SMILES string of the molecule is NCc1ccc(S(=O)(=O)c2ccccc2)cc1.O=C(NCc1ccc(S(=O)(=O)c2cc(F)cc(F)c2)cc1)C1=CN2C=CNC2C=C1.O=C(O)N1CCc2nccnc2C1. The van der Waals surface area contributed by atoms with Gasteiger partial charge in [0.1, 0.15) is 17.8 Å². The second-order valence-corrected chi connectivity index (χ2v) is 17.2. The van der Waals surface area contributed by atoms with Crippen LogP contribution in [0.2, 0.25) is 0 Å². The predicted octanol–water partition coefficient (Wildman–Crippen LogP) is 5.06. The van der Waals surface area contributed by atoms with Gasteiger partial charge in [-0.2, -0.15) is 0 Å². The number of carbonyl (C=O) groups excluding carboxylic acids is 1. The Morgan fingerprint density at radius 2 is 1.38 bits per heavy atom. The fraction of sp³-hybridized carbons (Fsp3) is 0.143. The third-order valence-corrected chi connectivity index (χ3v) is 12.8. The quantitative estimate of drug-likeness (QED) is 0.162. The van der Waals surface area contributed by atoms with Crippen LogP contribution in [0.25, 0.3) is 0 Å². The second-order valence-electron chi connectivity index (χ2n) is 13.3. The number of halogens is 2. The van der Waals surface area contributed by atoms with Crippen LogP contribution in [0.3, 0.4) is 0 Å². The molecule has 310 valence electrons. The van der Waals surface area contributed by atoms with Gasteiger partial charge in [-0.05, 0) is 71.8 Å². The zero-order chi connectivity index (χ0) is 42.9. The van der Waals surface area contributed by atoms with Crippen molar-refractivity contribution in [3.05, 3.63) is 180 Å². The minimum absolute atomic E-state index is 0.0163. The zero-order valence-electron chi connectivity index (χ0n) is 31.7. The van der Waals surface area contributed by atoms with Gasteiger partial charge in [-0.15, -0.1) is 0 Å². The number of carboxylic acid groups (broad SMARTS) is 1. The zero-order valence-corrected chi connectivity index (χ0v) is 33.4. The number of aromatic nitrogens is 2. The maximum atomic E-state index is 13.4. The number of hydrogen-bond acceptors (Lipinski definition) is 11. The standard InChI is InChI=1S/C21H17F2N3O3S.C13H13NO2S.C8H9N3O2/c22-16-9-17(23)11-19(10-16)30(28,29)18-4-1-14(2-5-18)12-25-21(27)15-3-6-20-24-7-8-26(20)13-15;14-10-11-6-8-13(9-7-11)17(15,16)12-4-2-1-3-5-12;12-8(13)11-4-1-6-7(5-11)10-3-2-9-6/h1-11,13,20,24H,12H2,(H,25,27);1-9H,10,14H2;2-3H,1,4-5H2,(H,12,13). The molecule has 14 nitrogen and oxygen atoms in total. The fourth-order valence-electron chi connectivity index (χ4n) is 6.05. The van der Waals surface area contributed by atoms with Crippen molar-refractivity contribution in [2.24, 2.45) is 5.73 Å². The van der Waals surface area contributed by atoms with Crippen LogP contribution in [0.1, 0.15) is 22.5 Å². The van der Waals surface area contributed by atoms with E-state index in [9.17, 15) is 35.2 Å². The van der Waals surface area contributed by atoms with Crippen LogP contribution in [-0.4, -0.2) is 66.4 Å². The molecule has 2 amide bonds. The summed E-state index contributed by atoms with van der Waals surface area (Å²) >= 11 is 0. The summed E-state index contributed by atoms with van der Waals surface area (Å²) in [5.41, 5.74) is 9.24. The number of benzene rings is 4. The first-order chi connectivity index (χ1) is 28.7. The molecule has 0 bridgehead atoms. The molecule has 0 spiro atoms. The number of nitrogens with one attached hydrogen (secondary N) is 2. The van der Waals surface area contributed by atoms with E-state index in [4.69, 9.17) is 10.8 Å². The Kier molecular flexibility index (Phi) is 13.5. The summed E-state index contributed by atoms with van der Waals surface area (Å²) in [6.07, 6.45) is 11.9. The van der Waals surface area contributed by atoms with Crippen molar-refractivity contribution < 1.29 is 40.3 Å². The minimum Gasteiger partial charge on any atom is -0.465 e. The summed E-state index contributed by atoms with van der Waals surface area (Å²) in [4.78, 5) is 34.5. The number of nitrogens with zero attached hydrogens (tertiary/aromatic N) is 4. The fourth-order valence-corrected chi connectivity index (χ4v) is 8.63. The molecular formula is C42H39F2N7O7S2. The molecule has 0 saturated carbocycles. The first-order valence-electron chi connectivity index (χ1n) is 18.3. The van der Waals surface area contributed by atoms with Crippen LogP contribution < -0.4 is 16.4 Å². The summed E-state index contributed by atoms with van der Waals surface area (Å²) in [7, 11) is -7.47. The Labute approximate surface area is 345 Å². The largest absolute Gasteiger partial charge is 0.465 e. The lowest BCUT2D eigenvalue weighted by Gasteiger charge is -2.24. The highest BCUT2D eigenvalue weighted by Gasteiger charge is 2.23. The van der Waals surface area contributed by atoms with Crippen molar-refractivity contribution in [2.75, 3.05) is 6.54 Å².